The fourth-order valence-corrected chi connectivity index (χ4v) is 3.11. The first-order chi connectivity index (χ1) is 10.2. The molecule has 3 rings (SSSR count). The van der Waals surface area contributed by atoms with Gasteiger partial charge in [0.05, 0.1) is 11.4 Å². The first-order valence-corrected chi connectivity index (χ1v) is 7.41. The van der Waals surface area contributed by atoms with E-state index in [0.29, 0.717) is 0 Å². The summed E-state index contributed by atoms with van der Waals surface area (Å²) in [6.07, 6.45) is 4.74. The van der Waals surface area contributed by atoms with E-state index in [0.717, 1.165) is 53.0 Å². The van der Waals surface area contributed by atoms with Crippen molar-refractivity contribution in [1.29, 1.82) is 0 Å². The number of nitrogens with zero attached hydrogens (tertiary/aromatic N) is 2. The maximum atomic E-state index is 10.9. The van der Waals surface area contributed by atoms with Crippen LogP contribution in [0, 0.1) is 0 Å². The summed E-state index contributed by atoms with van der Waals surface area (Å²) in [4.78, 5) is 19.8. The van der Waals surface area contributed by atoms with E-state index in [-0.39, 0.29) is 5.92 Å². The molecule has 106 valence electrons. The summed E-state index contributed by atoms with van der Waals surface area (Å²) in [7, 11) is 0. The SMILES string of the molecule is CC(C)c1c(-c2ccccc2)nc2c(c1N=C=O)CCC2. The Kier molecular flexibility index (Phi) is 3.68. The first kappa shape index (κ1) is 13.7. The Bertz CT molecular complexity index is 714. The van der Waals surface area contributed by atoms with Crippen LogP contribution >= 0.6 is 0 Å². The number of aliphatic imine (C=N–C) groups is 1. The molecule has 0 amide bonds. The second-order valence-corrected chi connectivity index (χ2v) is 5.73. The number of isocyanates is 1. The highest BCUT2D eigenvalue weighted by molar-refractivity contribution is 5.74. The highest BCUT2D eigenvalue weighted by Gasteiger charge is 2.24. The zero-order valence-corrected chi connectivity index (χ0v) is 12.4. The van der Waals surface area contributed by atoms with Crippen LogP contribution in [0.15, 0.2) is 35.3 Å². The van der Waals surface area contributed by atoms with Crippen LogP contribution in [0.4, 0.5) is 5.69 Å². The Morgan fingerprint density at radius 1 is 1.19 bits per heavy atom. The molecule has 1 aliphatic rings. The fourth-order valence-electron chi connectivity index (χ4n) is 3.11. The van der Waals surface area contributed by atoms with Crippen LogP contribution in [0.3, 0.4) is 0 Å². The van der Waals surface area contributed by atoms with Crippen LogP contribution in [0.2, 0.25) is 0 Å². The van der Waals surface area contributed by atoms with Gasteiger partial charge in [0.2, 0.25) is 6.08 Å². The van der Waals surface area contributed by atoms with Crippen molar-refractivity contribution in [2.24, 2.45) is 4.99 Å². The smallest absolute Gasteiger partial charge is 0.240 e. The van der Waals surface area contributed by atoms with Gasteiger partial charge in [0, 0.05) is 22.4 Å². The van der Waals surface area contributed by atoms with E-state index in [9.17, 15) is 4.79 Å². The molecule has 0 radical (unpaired) electrons. The van der Waals surface area contributed by atoms with E-state index in [1.165, 1.54) is 0 Å². The number of fused-ring (bicyclic) bond motifs is 1. The molecule has 3 heteroatoms. The van der Waals surface area contributed by atoms with Crippen LogP contribution in [0.1, 0.15) is 43.0 Å². The largest absolute Gasteiger partial charge is 0.252 e. The third-order valence-electron chi connectivity index (χ3n) is 4.01. The normalized spacial score (nSPS) is 13.1. The standard InChI is InChI=1S/C18H18N2O/c1-12(2)16-17(13-7-4-3-5-8-13)20-15-10-6-9-14(15)18(16)19-11-21/h3-5,7-8,12H,6,9-10H2,1-2H3. The number of rotatable bonds is 3. The molecule has 1 aromatic heterocycles. The molecule has 0 atom stereocenters. The number of pyridine rings is 1. The molecule has 0 saturated carbocycles. The van der Waals surface area contributed by atoms with Crippen molar-refractivity contribution in [3.63, 3.8) is 0 Å². The molecule has 0 fully saturated rings. The molecule has 0 unspecified atom stereocenters. The minimum atomic E-state index is 0.255. The van der Waals surface area contributed by atoms with E-state index >= 15 is 0 Å². The summed E-state index contributed by atoms with van der Waals surface area (Å²) in [6.45, 7) is 4.24. The van der Waals surface area contributed by atoms with Crippen molar-refractivity contribution >= 4 is 11.8 Å². The number of carbonyl (C=O) groups excluding carboxylic acids is 1. The van der Waals surface area contributed by atoms with Gasteiger partial charge < -0.3 is 0 Å². The third kappa shape index (κ3) is 2.41. The second kappa shape index (κ2) is 5.63. The van der Waals surface area contributed by atoms with Crippen LogP contribution in [0.5, 0.6) is 0 Å². The van der Waals surface area contributed by atoms with Gasteiger partial charge in [-0.3, -0.25) is 4.98 Å². The molecule has 3 nitrogen and oxygen atoms in total. The third-order valence-corrected chi connectivity index (χ3v) is 4.01. The van der Waals surface area contributed by atoms with Crippen molar-refractivity contribution in [2.75, 3.05) is 0 Å². The van der Waals surface area contributed by atoms with Gasteiger partial charge in [-0.1, -0.05) is 44.2 Å². The lowest BCUT2D eigenvalue weighted by molar-refractivity contribution is 0.565. The quantitative estimate of drug-likeness (QED) is 0.619. The van der Waals surface area contributed by atoms with Crippen LogP contribution < -0.4 is 0 Å². The van der Waals surface area contributed by atoms with Crippen molar-refractivity contribution in [2.45, 2.75) is 39.0 Å². The first-order valence-electron chi connectivity index (χ1n) is 7.41. The predicted octanol–water partition coefficient (Wildman–Crippen LogP) is 4.33. The molecule has 0 bridgehead atoms. The Morgan fingerprint density at radius 3 is 2.62 bits per heavy atom. The van der Waals surface area contributed by atoms with Crippen molar-refractivity contribution in [1.82, 2.24) is 4.98 Å². The van der Waals surface area contributed by atoms with Crippen LogP contribution in [0.25, 0.3) is 11.3 Å². The second-order valence-electron chi connectivity index (χ2n) is 5.73. The average Bonchev–Trinajstić information content (AvgIpc) is 2.96. The predicted molar refractivity (Wildman–Crippen MR) is 83.6 cm³/mol. The summed E-state index contributed by atoms with van der Waals surface area (Å²) in [5, 5.41) is 0. The minimum absolute atomic E-state index is 0.255. The number of hydrogen-bond acceptors (Lipinski definition) is 3. The monoisotopic (exact) mass is 278 g/mol. The lowest BCUT2D eigenvalue weighted by Gasteiger charge is -2.17. The van der Waals surface area contributed by atoms with E-state index in [1.807, 2.05) is 18.2 Å². The van der Waals surface area contributed by atoms with Crippen LogP contribution in [-0.4, -0.2) is 11.1 Å². The topological polar surface area (TPSA) is 42.3 Å². The van der Waals surface area contributed by atoms with Gasteiger partial charge in [0.15, 0.2) is 0 Å². The molecule has 1 aliphatic carbocycles. The Labute approximate surface area is 124 Å². The zero-order chi connectivity index (χ0) is 14.8. The molecule has 0 spiro atoms. The van der Waals surface area contributed by atoms with Gasteiger partial charge in [0.1, 0.15) is 0 Å². The Balaban J connectivity index is 2.34. The number of hydrogen-bond donors (Lipinski definition) is 0. The molecule has 0 N–H and O–H groups in total. The summed E-state index contributed by atoms with van der Waals surface area (Å²) in [6, 6.07) is 10.1. The van der Waals surface area contributed by atoms with E-state index in [2.05, 4.69) is 31.0 Å². The lowest BCUT2D eigenvalue weighted by Crippen LogP contribution is -2.02. The molecule has 0 saturated heterocycles. The summed E-state index contributed by atoms with van der Waals surface area (Å²) >= 11 is 0. The van der Waals surface area contributed by atoms with E-state index in [4.69, 9.17) is 4.98 Å². The van der Waals surface area contributed by atoms with Gasteiger partial charge in [-0.25, -0.2) is 4.79 Å². The van der Waals surface area contributed by atoms with Gasteiger partial charge in [-0.05, 0) is 25.2 Å². The van der Waals surface area contributed by atoms with E-state index in [1.54, 1.807) is 6.08 Å². The molecule has 21 heavy (non-hydrogen) atoms. The number of aromatic nitrogens is 1. The molecule has 0 aliphatic heterocycles. The van der Waals surface area contributed by atoms with E-state index < -0.39 is 0 Å². The van der Waals surface area contributed by atoms with Gasteiger partial charge in [-0.2, -0.15) is 4.99 Å². The maximum absolute atomic E-state index is 10.9. The van der Waals surface area contributed by atoms with Gasteiger partial charge in [-0.15, -0.1) is 0 Å². The van der Waals surface area contributed by atoms with Crippen LogP contribution in [-0.2, 0) is 17.6 Å². The number of aryl methyl sites for hydroxylation is 1. The van der Waals surface area contributed by atoms with Crippen molar-refractivity contribution < 1.29 is 4.79 Å². The highest BCUT2D eigenvalue weighted by Crippen LogP contribution is 2.41. The summed E-state index contributed by atoms with van der Waals surface area (Å²) in [5.41, 5.74) is 6.14. The van der Waals surface area contributed by atoms with Gasteiger partial charge in [0.25, 0.3) is 0 Å². The summed E-state index contributed by atoms with van der Waals surface area (Å²) in [5.74, 6) is 0.255. The Morgan fingerprint density at radius 2 is 1.95 bits per heavy atom. The fraction of sp³-hybridized carbons (Fsp3) is 0.333. The molecular weight excluding hydrogens is 260 g/mol. The maximum Gasteiger partial charge on any atom is 0.240 e. The van der Waals surface area contributed by atoms with Crippen molar-refractivity contribution in [3.05, 3.63) is 47.2 Å². The molecule has 1 heterocycles. The summed E-state index contributed by atoms with van der Waals surface area (Å²) < 4.78 is 0. The molecule has 2 aromatic rings. The average molecular weight is 278 g/mol. The number of benzene rings is 1. The lowest BCUT2D eigenvalue weighted by atomic mass is 9.92. The minimum Gasteiger partial charge on any atom is -0.252 e. The van der Waals surface area contributed by atoms with Crippen molar-refractivity contribution in [3.8, 4) is 11.3 Å². The molecular formula is C18H18N2O. The highest BCUT2D eigenvalue weighted by atomic mass is 16.1. The van der Waals surface area contributed by atoms with Gasteiger partial charge >= 0.3 is 0 Å². The Hall–Kier alpha value is -2.25. The molecule has 1 aromatic carbocycles. The zero-order valence-electron chi connectivity index (χ0n) is 12.4.